The Morgan fingerprint density at radius 1 is 1.00 bits per heavy atom. The van der Waals surface area contributed by atoms with Crippen molar-refractivity contribution >= 4 is 11.6 Å². The Hall–Kier alpha value is -3.55. The third-order valence-corrected chi connectivity index (χ3v) is 4.59. The van der Waals surface area contributed by atoms with Gasteiger partial charge in [-0.05, 0) is 35.9 Å². The molecule has 2 aromatic heterocycles. The standard InChI is InChI=1S/C22H20N4O3/c27-10-9-23-22(29)18-6-2-4-16(12-18)19-7-8-21-24-13-20(26(21)25-19)17-5-1-3-15(11-17)14-28/h1-8,11-13,27-28H,9-10,14H2,(H,23,29). The van der Waals surface area contributed by atoms with Gasteiger partial charge < -0.3 is 15.5 Å². The van der Waals surface area contributed by atoms with Crippen molar-refractivity contribution < 1.29 is 15.0 Å². The van der Waals surface area contributed by atoms with Gasteiger partial charge in [-0.25, -0.2) is 9.50 Å². The zero-order valence-corrected chi connectivity index (χ0v) is 15.6. The van der Waals surface area contributed by atoms with Crippen LogP contribution in [0.2, 0.25) is 0 Å². The highest BCUT2D eigenvalue weighted by molar-refractivity contribution is 5.95. The number of hydrogen-bond acceptors (Lipinski definition) is 5. The molecule has 146 valence electrons. The van der Waals surface area contributed by atoms with E-state index < -0.39 is 0 Å². The third kappa shape index (κ3) is 3.87. The van der Waals surface area contributed by atoms with Gasteiger partial charge in [0, 0.05) is 23.2 Å². The van der Waals surface area contributed by atoms with Gasteiger partial charge in [0.05, 0.1) is 30.8 Å². The van der Waals surface area contributed by atoms with E-state index in [9.17, 15) is 9.90 Å². The predicted octanol–water partition coefficient (Wildman–Crippen LogP) is 2.28. The van der Waals surface area contributed by atoms with Crippen LogP contribution < -0.4 is 5.32 Å². The molecule has 4 rings (SSSR count). The van der Waals surface area contributed by atoms with E-state index in [0.717, 1.165) is 22.4 Å². The first kappa shape index (κ1) is 18.8. The van der Waals surface area contributed by atoms with Crippen LogP contribution in [0.15, 0.2) is 66.9 Å². The fourth-order valence-electron chi connectivity index (χ4n) is 3.14. The van der Waals surface area contributed by atoms with Gasteiger partial charge in [-0.3, -0.25) is 4.79 Å². The normalized spacial score (nSPS) is 11.0. The summed E-state index contributed by atoms with van der Waals surface area (Å²) in [5.41, 5.74) is 5.24. The lowest BCUT2D eigenvalue weighted by Gasteiger charge is -2.08. The van der Waals surface area contributed by atoms with E-state index in [0.29, 0.717) is 16.9 Å². The Morgan fingerprint density at radius 2 is 1.83 bits per heavy atom. The predicted molar refractivity (Wildman–Crippen MR) is 109 cm³/mol. The number of aliphatic hydroxyl groups excluding tert-OH is 2. The second-order valence-corrected chi connectivity index (χ2v) is 6.55. The number of amides is 1. The van der Waals surface area contributed by atoms with Crippen LogP contribution in [0.3, 0.4) is 0 Å². The highest BCUT2D eigenvalue weighted by atomic mass is 16.3. The second kappa shape index (κ2) is 8.22. The minimum absolute atomic E-state index is 0.0333. The summed E-state index contributed by atoms with van der Waals surface area (Å²) < 4.78 is 1.75. The molecule has 2 heterocycles. The number of carbonyl (C=O) groups is 1. The van der Waals surface area contributed by atoms with E-state index in [-0.39, 0.29) is 25.7 Å². The molecular formula is C22H20N4O3. The molecule has 0 fully saturated rings. The Labute approximate surface area is 167 Å². The number of aromatic nitrogens is 3. The van der Waals surface area contributed by atoms with Gasteiger partial charge >= 0.3 is 0 Å². The van der Waals surface area contributed by atoms with Crippen LogP contribution in [0.5, 0.6) is 0 Å². The molecule has 0 aliphatic carbocycles. The number of carbonyl (C=O) groups excluding carboxylic acids is 1. The summed E-state index contributed by atoms with van der Waals surface area (Å²) in [4.78, 5) is 16.6. The van der Waals surface area contributed by atoms with Crippen LogP contribution in [0, 0.1) is 0 Å². The number of imidazole rings is 1. The van der Waals surface area contributed by atoms with E-state index in [1.54, 1.807) is 28.9 Å². The number of benzene rings is 2. The van der Waals surface area contributed by atoms with Crippen LogP contribution in [0.25, 0.3) is 28.2 Å². The van der Waals surface area contributed by atoms with E-state index in [1.165, 1.54) is 0 Å². The monoisotopic (exact) mass is 388 g/mol. The molecule has 0 saturated heterocycles. The summed E-state index contributed by atoms with van der Waals surface area (Å²) in [5.74, 6) is -0.244. The lowest BCUT2D eigenvalue weighted by Crippen LogP contribution is -2.26. The minimum Gasteiger partial charge on any atom is -0.395 e. The van der Waals surface area contributed by atoms with Gasteiger partial charge in [0.1, 0.15) is 0 Å². The van der Waals surface area contributed by atoms with Crippen molar-refractivity contribution in [2.24, 2.45) is 0 Å². The van der Waals surface area contributed by atoms with Crippen LogP contribution in [-0.4, -0.2) is 43.9 Å². The first-order chi connectivity index (χ1) is 14.2. The molecule has 0 radical (unpaired) electrons. The largest absolute Gasteiger partial charge is 0.395 e. The van der Waals surface area contributed by atoms with E-state index in [2.05, 4.69) is 10.3 Å². The molecule has 4 aromatic rings. The summed E-state index contributed by atoms with van der Waals surface area (Å²) in [7, 11) is 0. The molecule has 3 N–H and O–H groups in total. The Morgan fingerprint density at radius 3 is 2.66 bits per heavy atom. The molecular weight excluding hydrogens is 368 g/mol. The fraction of sp³-hybridized carbons (Fsp3) is 0.136. The third-order valence-electron chi connectivity index (χ3n) is 4.59. The lowest BCUT2D eigenvalue weighted by atomic mass is 10.1. The maximum Gasteiger partial charge on any atom is 0.251 e. The van der Waals surface area contributed by atoms with Gasteiger partial charge in [-0.1, -0.05) is 30.3 Å². The van der Waals surface area contributed by atoms with Gasteiger partial charge in [0.25, 0.3) is 5.91 Å². The number of fused-ring (bicyclic) bond motifs is 1. The molecule has 0 bridgehead atoms. The Balaban J connectivity index is 1.73. The van der Waals surface area contributed by atoms with Crippen molar-refractivity contribution in [2.75, 3.05) is 13.2 Å². The van der Waals surface area contributed by atoms with Crippen LogP contribution in [0.4, 0.5) is 0 Å². The van der Waals surface area contributed by atoms with Crippen LogP contribution >= 0.6 is 0 Å². The van der Waals surface area contributed by atoms with Crippen molar-refractivity contribution in [3.63, 3.8) is 0 Å². The fourth-order valence-corrected chi connectivity index (χ4v) is 3.14. The van der Waals surface area contributed by atoms with Crippen molar-refractivity contribution in [2.45, 2.75) is 6.61 Å². The molecule has 0 aliphatic rings. The number of nitrogens with one attached hydrogen (secondary N) is 1. The second-order valence-electron chi connectivity index (χ2n) is 6.55. The summed E-state index contributed by atoms with van der Waals surface area (Å²) in [5, 5.41) is 25.7. The molecule has 7 nitrogen and oxygen atoms in total. The molecule has 0 spiro atoms. The zero-order valence-electron chi connectivity index (χ0n) is 15.6. The molecule has 0 atom stereocenters. The van der Waals surface area contributed by atoms with E-state index in [1.807, 2.05) is 42.5 Å². The molecule has 29 heavy (non-hydrogen) atoms. The van der Waals surface area contributed by atoms with E-state index in [4.69, 9.17) is 10.2 Å². The Bertz CT molecular complexity index is 1170. The van der Waals surface area contributed by atoms with Crippen molar-refractivity contribution in [1.29, 1.82) is 0 Å². The number of nitrogens with zero attached hydrogens (tertiary/aromatic N) is 3. The van der Waals surface area contributed by atoms with Crippen LogP contribution in [-0.2, 0) is 6.61 Å². The molecule has 0 aliphatic heterocycles. The molecule has 1 amide bonds. The first-order valence-electron chi connectivity index (χ1n) is 9.24. The number of hydrogen-bond donors (Lipinski definition) is 3. The summed E-state index contributed by atoms with van der Waals surface area (Å²) >= 11 is 0. The summed E-state index contributed by atoms with van der Waals surface area (Å²) in [6.07, 6.45) is 1.75. The topological polar surface area (TPSA) is 99.8 Å². The van der Waals surface area contributed by atoms with Crippen LogP contribution in [0.1, 0.15) is 15.9 Å². The molecule has 0 unspecified atom stereocenters. The highest BCUT2D eigenvalue weighted by Crippen LogP contribution is 2.24. The smallest absolute Gasteiger partial charge is 0.251 e. The number of aliphatic hydroxyl groups is 2. The molecule has 2 aromatic carbocycles. The maximum absolute atomic E-state index is 12.2. The first-order valence-corrected chi connectivity index (χ1v) is 9.24. The summed E-state index contributed by atoms with van der Waals surface area (Å²) in [6, 6.07) is 18.5. The maximum atomic E-state index is 12.2. The zero-order chi connectivity index (χ0) is 20.2. The van der Waals surface area contributed by atoms with Gasteiger partial charge in [0.15, 0.2) is 5.65 Å². The Kier molecular flexibility index (Phi) is 5.33. The molecule has 0 saturated carbocycles. The highest BCUT2D eigenvalue weighted by Gasteiger charge is 2.11. The van der Waals surface area contributed by atoms with Crippen molar-refractivity contribution in [3.8, 4) is 22.5 Å². The van der Waals surface area contributed by atoms with Gasteiger partial charge in [0.2, 0.25) is 0 Å². The summed E-state index contributed by atoms with van der Waals surface area (Å²) in [6.45, 7) is 0.0670. The average molecular weight is 388 g/mol. The van der Waals surface area contributed by atoms with Crippen molar-refractivity contribution in [3.05, 3.63) is 78.0 Å². The number of rotatable bonds is 6. The SMILES string of the molecule is O=C(NCCO)c1cccc(-c2ccc3ncc(-c4cccc(CO)c4)n3n2)c1. The molecule has 7 heteroatoms. The van der Waals surface area contributed by atoms with Gasteiger partial charge in [-0.15, -0.1) is 0 Å². The van der Waals surface area contributed by atoms with E-state index >= 15 is 0 Å². The average Bonchev–Trinajstić information content (AvgIpc) is 3.21. The van der Waals surface area contributed by atoms with Gasteiger partial charge in [-0.2, -0.15) is 5.10 Å². The lowest BCUT2D eigenvalue weighted by molar-refractivity contribution is 0.0945. The van der Waals surface area contributed by atoms with Crippen molar-refractivity contribution in [1.82, 2.24) is 19.9 Å². The quantitative estimate of drug-likeness (QED) is 0.471. The minimum atomic E-state index is -0.244.